The number of anilines is 1. The van der Waals surface area contributed by atoms with Gasteiger partial charge in [-0.1, -0.05) is 30.3 Å². The van der Waals surface area contributed by atoms with Crippen LogP contribution >= 0.6 is 0 Å². The van der Waals surface area contributed by atoms with Gasteiger partial charge in [-0.15, -0.1) is 5.10 Å². The zero-order valence-electron chi connectivity index (χ0n) is 23.1. The minimum atomic E-state index is -0.861. The predicted octanol–water partition coefficient (Wildman–Crippen LogP) is 3.75. The Balaban J connectivity index is 1.23. The van der Waals surface area contributed by atoms with Gasteiger partial charge in [0.05, 0.1) is 29.8 Å². The van der Waals surface area contributed by atoms with E-state index >= 15 is 4.39 Å². The van der Waals surface area contributed by atoms with E-state index in [2.05, 4.69) is 45.5 Å². The number of hydrogen-bond donors (Lipinski definition) is 3. The van der Waals surface area contributed by atoms with Gasteiger partial charge in [-0.3, -0.25) is 4.79 Å². The first-order valence-corrected chi connectivity index (χ1v) is 14.0. The number of rotatable bonds is 8. The van der Waals surface area contributed by atoms with Crippen molar-refractivity contribution in [1.82, 2.24) is 24.9 Å². The molecule has 9 nitrogen and oxygen atoms in total. The summed E-state index contributed by atoms with van der Waals surface area (Å²) >= 11 is 0. The fourth-order valence-electron chi connectivity index (χ4n) is 5.32. The summed E-state index contributed by atoms with van der Waals surface area (Å²) in [6.07, 6.45) is 4.55. The van der Waals surface area contributed by atoms with Gasteiger partial charge in [0.2, 0.25) is 5.82 Å². The maximum Gasteiger partial charge on any atom is 0.290 e. The molecule has 0 spiro atoms. The molecule has 0 radical (unpaired) electrons. The fourth-order valence-corrected chi connectivity index (χ4v) is 5.32. The SMILES string of the molecule is C/C=C(/C)c1ccccc1CCNC(=O)c1nc(C2CC2)c2nc(-c3ccc(N4C[C@H](O)[C@@H](O)C4)cc3F)cn2n1. The van der Waals surface area contributed by atoms with Gasteiger partial charge in [0.15, 0.2) is 5.65 Å². The molecule has 6 rings (SSSR count). The van der Waals surface area contributed by atoms with Crippen molar-refractivity contribution in [2.24, 2.45) is 0 Å². The summed E-state index contributed by atoms with van der Waals surface area (Å²) in [4.78, 5) is 24.1. The van der Waals surface area contributed by atoms with E-state index in [1.807, 2.05) is 19.1 Å². The number of benzene rings is 2. The third-order valence-electron chi connectivity index (χ3n) is 7.92. The molecular formula is C31H33FN6O3. The van der Waals surface area contributed by atoms with Gasteiger partial charge >= 0.3 is 0 Å². The van der Waals surface area contributed by atoms with Crippen molar-refractivity contribution >= 4 is 22.8 Å². The lowest BCUT2D eigenvalue weighted by atomic mass is 9.98. The van der Waals surface area contributed by atoms with Crippen molar-refractivity contribution in [3.8, 4) is 11.3 Å². The van der Waals surface area contributed by atoms with Crippen LogP contribution in [0.1, 0.15) is 60.0 Å². The van der Waals surface area contributed by atoms with Crippen molar-refractivity contribution in [3.63, 3.8) is 0 Å². The van der Waals surface area contributed by atoms with E-state index in [1.54, 1.807) is 23.2 Å². The number of nitrogens with one attached hydrogen (secondary N) is 1. The average molecular weight is 557 g/mol. The van der Waals surface area contributed by atoms with E-state index < -0.39 is 18.0 Å². The molecule has 0 bridgehead atoms. The number of allylic oxidation sites excluding steroid dienone is 2. The van der Waals surface area contributed by atoms with Crippen molar-refractivity contribution in [1.29, 1.82) is 0 Å². The average Bonchev–Trinajstić information content (AvgIpc) is 3.64. The molecule has 2 aromatic carbocycles. The Labute approximate surface area is 237 Å². The highest BCUT2D eigenvalue weighted by atomic mass is 19.1. The minimum absolute atomic E-state index is 0.0586. The Morgan fingerprint density at radius 3 is 2.59 bits per heavy atom. The fraction of sp³-hybridized carbons (Fsp3) is 0.355. The molecule has 3 heterocycles. The van der Waals surface area contributed by atoms with Crippen LogP contribution in [0.5, 0.6) is 0 Å². The number of hydrogen-bond acceptors (Lipinski definition) is 7. The summed E-state index contributed by atoms with van der Waals surface area (Å²) in [6, 6.07) is 12.9. The number of aromatic nitrogens is 4. The Morgan fingerprint density at radius 1 is 1.12 bits per heavy atom. The van der Waals surface area contributed by atoms with Gasteiger partial charge in [0, 0.05) is 36.8 Å². The maximum atomic E-state index is 15.3. The molecule has 0 unspecified atom stereocenters. The summed E-state index contributed by atoms with van der Waals surface area (Å²) in [6.45, 7) is 4.99. The van der Waals surface area contributed by atoms with Gasteiger partial charge in [-0.2, -0.15) is 0 Å². The highest BCUT2D eigenvalue weighted by Gasteiger charge is 2.32. The van der Waals surface area contributed by atoms with Crippen LogP contribution in [-0.2, 0) is 6.42 Å². The third-order valence-corrected chi connectivity index (χ3v) is 7.92. The Morgan fingerprint density at radius 2 is 1.88 bits per heavy atom. The maximum absolute atomic E-state index is 15.3. The summed E-state index contributed by atoms with van der Waals surface area (Å²) in [7, 11) is 0. The quantitative estimate of drug-likeness (QED) is 0.303. The number of carbonyl (C=O) groups excluding carboxylic acids is 1. The van der Waals surface area contributed by atoms with Crippen molar-refractivity contribution in [3.05, 3.63) is 83.2 Å². The molecule has 1 aliphatic carbocycles. The summed E-state index contributed by atoms with van der Waals surface area (Å²) in [5, 5.41) is 27.1. The molecule has 4 aromatic rings. The lowest BCUT2D eigenvalue weighted by Crippen LogP contribution is -2.28. The number of aliphatic hydroxyl groups excluding tert-OH is 2. The van der Waals surface area contributed by atoms with Crippen LogP contribution in [0.4, 0.5) is 10.1 Å². The molecule has 2 aliphatic rings. The Hall–Kier alpha value is -4.15. The first-order chi connectivity index (χ1) is 19.8. The van der Waals surface area contributed by atoms with Crippen molar-refractivity contribution in [2.75, 3.05) is 24.5 Å². The van der Waals surface area contributed by atoms with Gasteiger partial charge < -0.3 is 20.4 Å². The number of halogens is 1. The zero-order chi connectivity index (χ0) is 28.7. The molecule has 41 heavy (non-hydrogen) atoms. The second kappa shape index (κ2) is 11.0. The normalized spacial score (nSPS) is 19.2. The number of β-amino-alcohol motifs (C(OH)–C–C–N with tert-alkyl or cyclic N) is 2. The molecule has 2 fully saturated rings. The molecule has 212 valence electrons. The third kappa shape index (κ3) is 5.45. The molecular weight excluding hydrogens is 523 g/mol. The van der Waals surface area contributed by atoms with E-state index in [1.165, 1.54) is 21.7 Å². The topological polar surface area (TPSA) is 116 Å². The highest BCUT2D eigenvalue weighted by Crippen LogP contribution is 2.41. The van der Waals surface area contributed by atoms with Gasteiger partial charge in [0.1, 0.15) is 5.82 Å². The van der Waals surface area contributed by atoms with Gasteiger partial charge in [-0.25, -0.2) is 18.9 Å². The Kier molecular flexibility index (Phi) is 7.27. The number of amides is 1. The number of carbonyl (C=O) groups is 1. The number of fused-ring (bicyclic) bond motifs is 1. The van der Waals surface area contributed by atoms with Crippen LogP contribution < -0.4 is 10.2 Å². The Bertz CT molecular complexity index is 1640. The first-order valence-electron chi connectivity index (χ1n) is 14.0. The van der Waals surface area contributed by atoms with Crippen LogP contribution in [0, 0.1) is 5.82 Å². The van der Waals surface area contributed by atoms with Gasteiger partial charge in [-0.05, 0) is 68.0 Å². The lowest BCUT2D eigenvalue weighted by Gasteiger charge is -2.18. The monoisotopic (exact) mass is 556 g/mol. The number of imidazole rings is 1. The summed E-state index contributed by atoms with van der Waals surface area (Å²) < 4.78 is 16.8. The molecule has 1 saturated carbocycles. The molecule has 1 amide bonds. The van der Waals surface area contributed by atoms with Crippen LogP contribution in [0.15, 0.2) is 54.7 Å². The van der Waals surface area contributed by atoms with E-state index in [0.29, 0.717) is 41.3 Å². The van der Waals surface area contributed by atoms with E-state index in [0.717, 1.165) is 18.4 Å². The van der Waals surface area contributed by atoms with E-state index in [4.69, 9.17) is 0 Å². The second-order valence-electron chi connectivity index (χ2n) is 10.8. The van der Waals surface area contributed by atoms with Gasteiger partial charge in [0.25, 0.3) is 5.91 Å². The summed E-state index contributed by atoms with van der Waals surface area (Å²) in [5.41, 5.74) is 5.98. The van der Waals surface area contributed by atoms with Crippen LogP contribution in [0.25, 0.3) is 22.5 Å². The molecule has 10 heteroatoms. The second-order valence-corrected chi connectivity index (χ2v) is 10.8. The first kappa shape index (κ1) is 27.0. The zero-order valence-corrected chi connectivity index (χ0v) is 23.1. The molecule has 2 aromatic heterocycles. The molecule has 1 saturated heterocycles. The van der Waals surface area contributed by atoms with E-state index in [9.17, 15) is 15.0 Å². The van der Waals surface area contributed by atoms with Crippen LogP contribution in [-0.4, -0.2) is 67.5 Å². The highest BCUT2D eigenvalue weighted by molar-refractivity contribution is 5.90. The largest absolute Gasteiger partial charge is 0.389 e. The molecule has 2 atom stereocenters. The minimum Gasteiger partial charge on any atom is -0.389 e. The summed E-state index contributed by atoms with van der Waals surface area (Å²) in [5.74, 6) is -0.592. The predicted molar refractivity (Wildman–Crippen MR) is 154 cm³/mol. The van der Waals surface area contributed by atoms with Crippen molar-refractivity contribution < 1.29 is 19.4 Å². The molecule has 3 N–H and O–H groups in total. The smallest absolute Gasteiger partial charge is 0.290 e. The van der Waals surface area contributed by atoms with Crippen LogP contribution in [0.3, 0.4) is 0 Å². The van der Waals surface area contributed by atoms with Crippen molar-refractivity contribution in [2.45, 2.75) is 51.2 Å². The standard InChI is InChI=1S/C31H33FN6O3/c1-3-18(2)22-7-5-4-6-19(22)12-13-33-31(41)29-35-28(20-8-9-20)30-34-25(15-38(30)36-29)23-11-10-21(14-24(23)32)37-16-26(39)27(40)17-37/h3-7,10-11,14-15,20,26-27,39-40H,8-9,12-13,16-17H2,1-2H3,(H,33,41)/b18-3-/t26-,27-/m0/s1. The van der Waals surface area contributed by atoms with E-state index in [-0.39, 0.29) is 30.7 Å². The molecule has 1 aliphatic heterocycles. The number of nitrogens with zero attached hydrogens (tertiary/aromatic N) is 5. The number of aliphatic hydroxyl groups is 2. The van der Waals surface area contributed by atoms with Crippen LogP contribution in [0.2, 0.25) is 0 Å². The lowest BCUT2D eigenvalue weighted by molar-refractivity contribution is 0.0572.